The number of aromatic amines is 1. The van der Waals surface area contributed by atoms with E-state index < -0.39 is 0 Å². The van der Waals surface area contributed by atoms with Crippen molar-refractivity contribution in [1.82, 2.24) is 20.5 Å². The minimum Gasteiger partial charge on any atom is -0.349 e. The third kappa shape index (κ3) is 3.66. The van der Waals surface area contributed by atoms with E-state index in [1.165, 1.54) is 11.1 Å². The summed E-state index contributed by atoms with van der Waals surface area (Å²) < 4.78 is 0. The van der Waals surface area contributed by atoms with Gasteiger partial charge in [-0.05, 0) is 30.9 Å². The number of hydrogen-bond acceptors (Lipinski definition) is 3. The molecule has 0 saturated heterocycles. The van der Waals surface area contributed by atoms with Crippen LogP contribution in [-0.2, 0) is 12.8 Å². The van der Waals surface area contributed by atoms with Gasteiger partial charge in [0.05, 0.1) is 0 Å². The van der Waals surface area contributed by atoms with Gasteiger partial charge in [-0.25, -0.2) is 4.98 Å². The van der Waals surface area contributed by atoms with E-state index in [4.69, 9.17) is 0 Å². The molecule has 5 heteroatoms. The number of hydrogen-bond donors (Lipinski definition) is 2. The summed E-state index contributed by atoms with van der Waals surface area (Å²) in [5.74, 6) is 0.756. The first-order valence-corrected chi connectivity index (χ1v) is 6.94. The second kappa shape index (κ2) is 6.84. The molecule has 5 nitrogen and oxygen atoms in total. The minimum atomic E-state index is -0.225. The number of aromatic nitrogens is 3. The Bertz CT molecular complexity index is 577. The number of carbonyl (C=O) groups is 1. The Morgan fingerprint density at radius 3 is 2.85 bits per heavy atom. The first kappa shape index (κ1) is 14.2. The number of benzene rings is 1. The summed E-state index contributed by atoms with van der Waals surface area (Å²) in [5.41, 5.74) is 2.49. The molecule has 20 heavy (non-hydrogen) atoms. The van der Waals surface area contributed by atoms with Gasteiger partial charge in [0.2, 0.25) is 5.82 Å². The molecule has 1 amide bonds. The molecule has 0 radical (unpaired) electrons. The summed E-state index contributed by atoms with van der Waals surface area (Å²) in [4.78, 5) is 16.0. The van der Waals surface area contributed by atoms with Gasteiger partial charge in [-0.3, -0.25) is 9.89 Å². The zero-order chi connectivity index (χ0) is 14.4. The van der Waals surface area contributed by atoms with E-state index in [1.807, 2.05) is 12.1 Å². The largest absolute Gasteiger partial charge is 0.349 e. The van der Waals surface area contributed by atoms with Crippen LogP contribution in [0.4, 0.5) is 0 Å². The molecule has 1 aromatic heterocycles. The molecule has 106 valence electrons. The number of aryl methyl sites for hydroxylation is 2. The first-order chi connectivity index (χ1) is 9.70. The van der Waals surface area contributed by atoms with Crippen LogP contribution in [0.15, 0.2) is 24.3 Å². The Labute approximate surface area is 118 Å². The number of carbonyl (C=O) groups excluding carboxylic acids is 1. The third-order valence-corrected chi connectivity index (χ3v) is 3.16. The summed E-state index contributed by atoms with van der Waals surface area (Å²) >= 11 is 0. The SMILES string of the molecule is CCCc1nc(C(=O)NCCc2ccccc2C)n[nH]1. The highest BCUT2D eigenvalue weighted by Crippen LogP contribution is 2.06. The van der Waals surface area contributed by atoms with Crippen molar-refractivity contribution < 1.29 is 4.79 Å². The summed E-state index contributed by atoms with van der Waals surface area (Å²) in [6.07, 6.45) is 2.59. The monoisotopic (exact) mass is 272 g/mol. The lowest BCUT2D eigenvalue weighted by molar-refractivity contribution is 0.0944. The van der Waals surface area contributed by atoms with Crippen molar-refractivity contribution in [2.75, 3.05) is 6.54 Å². The molecule has 2 rings (SSSR count). The van der Waals surface area contributed by atoms with E-state index in [-0.39, 0.29) is 11.7 Å². The van der Waals surface area contributed by atoms with Gasteiger partial charge < -0.3 is 5.32 Å². The maximum Gasteiger partial charge on any atom is 0.290 e. The van der Waals surface area contributed by atoms with Crippen LogP contribution in [-0.4, -0.2) is 27.6 Å². The van der Waals surface area contributed by atoms with Crippen LogP contribution >= 0.6 is 0 Å². The summed E-state index contributed by atoms with van der Waals surface area (Å²) in [5, 5.41) is 9.56. The Balaban J connectivity index is 1.84. The maximum atomic E-state index is 11.9. The Kier molecular flexibility index (Phi) is 4.87. The van der Waals surface area contributed by atoms with E-state index in [1.54, 1.807) is 0 Å². The fourth-order valence-corrected chi connectivity index (χ4v) is 2.03. The van der Waals surface area contributed by atoms with Gasteiger partial charge in [0.1, 0.15) is 5.82 Å². The number of nitrogens with zero attached hydrogens (tertiary/aromatic N) is 2. The van der Waals surface area contributed by atoms with Crippen LogP contribution < -0.4 is 5.32 Å². The number of amides is 1. The van der Waals surface area contributed by atoms with Gasteiger partial charge in [-0.2, -0.15) is 0 Å². The molecule has 0 spiro atoms. The zero-order valence-corrected chi connectivity index (χ0v) is 11.9. The highest BCUT2D eigenvalue weighted by Gasteiger charge is 2.11. The normalized spacial score (nSPS) is 10.5. The first-order valence-electron chi connectivity index (χ1n) is 6.94. The van der Waals surface area contributed by atoms with E-state index in [9.17, 15) is 4.79 Å². The van der Waals surface area contributed by atoms with Gasteiger partial charge in [0, 0.05) is 13.0 Å². The predicted molar refractivity (Wildman–Crippen MR) is 77.6 cm³/mol. The molecule has 0 aliphatic heterocycles. The highest BCUT2D eigenvalue weighted by molar-refractivity contribution is 5.90. The fourth-order valence-electron chi connectivity index (χ4n) is 2.03. The molecule has 0 fully saturated rings. The molecule has 0 aliphatic rings. The van der Waals surface area contributed by atoms with Crippen molar-refractivity contribution in [2.24, 2.45) is 0 Å². The standard InChI is InChI=1S/C15H20N4O/c1-3-6-13-17-14(19-18-13)15(20)16-10-9-12-8-5-4-7-11(12)2/h4-5,7-8H,3,6,9-10H2,1-2H3,(H,16,20)(H,17,18,19). The minimum absolute atomic E-state index is 0.221. The van der Waals surface area contributed by atoms with E-state index in [2.05, 4.69) is 46.5 Å². The van der Waals surface area contributed by atoms with Crippen LogP contribution in [0.5, 0.6) is 0 Å². The van der Waals surface area contributed by atoms with Crippen LogP contribution in [0.3, 0.4) is 0 Å². The number of nitrogens with one attached hydrogen (secondary N) is 2. The highest BCUT2D eigenvalue weighted by atomic mass is 16.2. The van der Waals surface area contributed by atoms with Crippen molar-refractivity contribution >= 4 is 5.91 Å². The van der Waals surface area contributed by atoms with Crippen molar-refractivity contribution in [3.63, 3.8) is 0 Å². The molecule has 2 aromatic rings. The lowest BCUT2D eigenvalue weighted by Gasteiger charge is -2.05. The molecular formula is C15H20N4O. The second-order valence-corrected chi connectivity index (χ2v) is 4.79. The molecule has 1 aromatic carbocycles. The molecular weight excluding hydrogens is 252 g/mol. The van der Waals surface area contributed by atoms with Gasteiger partial charge in [0.15, 0.2) is 0 Å². The van der Waals surface area contributed by atoms with Crippen molar-refractivity contribution in [2.45, 2.75) is 33.1 Å². The van der Waals surface area contributed by atoms with Gasteiger partial charge in [-0.1, -0.05) is 31.2 Å². The van der Waals surface area contributed by atoms with Gasteiger partial charge in [0.25, 0.3) is 5.91 Å². The third-order valence-electron chi connectivity index (χ3n) is 3.16. The average molecular weight is 272 g/mol. The summed E-state index contributed by atoms with van der Waals surface area (Å²) in [6, 6.07) is 8.17. The summed E-state index contributed by atoms with van der Waals surface area (Å²) in [7, 11) is 0. The molecule has 1 heterocycles. The Hall–Kier alpha value is -2.17. The fraction of sp³-hybridized carbons (Fsp3) is 0.400. The lowest BCUT2D eigenvalue weighted by Crippen LogP contribution is -2.26. The number of rotatable bonds is 6. The molecule has 0 aliphatic carbocycles. The quantitative estimate of drug-likeness (QED) is 0.845. The lowest BCUT2D eigenvalue weighted by atomic mass is 10.1. The molecule has 0 atom stereocenters. The van der Waals surface area contributed by atoms with Crippen LogP contribution in [0.2, 0.25) is 0 Å². The van der Waals surface area contributed by atoms with Gasteiger partial charge >= 0.3 is 0 Å². The summed E-state index contributed by atoms with van der Waals surface area (Å²) in [6.45, 7) is 4.72. The van der Waals surface area contributed by atoms with E-state index >= 15 is 0 Å². The number of H-pyrrole nitrogens is 1. The topological polar surface area (TPSA) is 70.7 Å². The molecule has 0 saturated carbocycles. The maximum absolute atomic E-state index is 11.9. The second-order valence-electron chi connectivity index (χ2n) is 4.79. The predicted octanol–water partition coefficient (Wildman–Crippen LogP) is 2.04. The Morgan fingerprint density at radius 2 is 2.10 bits per heavy atom. The zero-order valence-electron chi connectivity index (χ0n) is 11.9. The van der Waals surface area contributed by atoms with E-state index in [0.29, 0.717) is 6.54 Å². The van der Waals surface area contributed by atoms with Crippen molar-refractivity contribution in [1.29, 1.82) is 0 Å². The molecule has 0 unspecified atom stereocenters. The average Bonchev–Trinajstić information content (AvgIpc) is 2.90. The van der Waals surface area contributed by atoms with Crippen LogP contribution in [0.1, 0.15) is 40.9 Å². The molecule has 2 N–H and O–H groups in total. The van der Waals surface area contributed by atoms with Gasteiger partial charge in [-0.15, -0.1) is 5.10 Å². The van der Waals surface area contributed by atoms with Crippen molar-refractivity contribution in [3.8, 4) is 0 Å². The van der Waals surface area contributed by atoms with Crippen LogP contribution in [0, 0.1) is 6.92 Å². The Morgan fingerprint density at radius 1 is 1.30 bits per heavy atom. The van der Waals surface area contributed by atoms with Crippen molar-refractivity contribution in [3.05, 3.63) is 47.0 Å². The smallest absolute Gasteiger partial charge is 0.290 e. The van der Waals surface area contributed by atoms with Crippen LogP contribution in [0.25, 0.3) is 0 Å². The molecule has 0 bridgehead atoms. The van der Waals surface area contributed by atoms with E-state index in [0.717, 1.165) is 25.1 Å².